The van der Waals surface area contributed by atoms with Gasteiger partial charge >= 0.3 is 5.97 Å². The van der Waals surface area contributed by atoms with E-state index in [4.69, 9.17) is 9.47 Å². The minimum Gasteiger partial charge on any atom is -0.483 e. The molecule has 0 unspecified atom stereocenters. The van der Waals surface area contributed by atoms with Crippen LogP contribution >= 0.6 is 0 Å². The predicted octanol–water partition coefficient (Wildman–Crippen LogP) is 4.34. The molecule has 0 aliphatic carbocycles. The normalized spacial score (nSPS) is 11.0. The summed E-state index contributed by atoms with van der Waals surface area (Å²) in [4.78, 5) is 26.3. The maximum absolute atomic E-state index is 12.9. The number of hydrogen-bond acceptors (Lipinski definition) is 4. The average molecular weight is 398 g/mol. The third-order valence-corrected chi connectivity index (χ3v) is 4.51. The summed E-state index contributed by atoms with van der Waals surface area (Å²) in [5.41, 5.74) is 1.96. The quantitative estimate of drug-likeness (QED) is 0.591. The highest BCUT2D eigenvalue weighted by Crippen LogP contribution is 2.30. The number of hydrogen-bond donors (Lipinski definition) is 0. The molecule has 0 aromatic heterocycles. The van der Waals surface area contributed by atoms with E-state index in [0.717, 1.165) is 11.1 Å². The lowest BCUT2D eigenvalue weighted by atomic mass is 9.86. The summed E-state index contributed by atoms with van der Waals surface area (Å²) in [6, 6.07) is 17.5. The second-order valence-corrected chi connectivity index (χ2v) is 7.89. The minimum atomic E-state index is -0.308. The molecular weight excluding hydrogens is 366 g/mol. The van der Waals surface area contributed by atoms with Gasteiger partial charge in [0, 0.05) is 13.1 Å². The molecule has 0 N–H and O–H groups in total. The summed E-state index contributed by atoms with van der Waals surface area (Å²) in [7, 11) is 0. The Morgan fingerprint density at radius 3 is 2.28 bits per heavy atom. The summed E-state index contributed by atoms with van der Waals surface area (Å²) in [5.74, 6) is 0.234. The molecule has 29 heavy (non-hydrogen) atoms. The van der Waals surface area contributed by atoms with Crippen molar-refractivity contribution >= 4 is 11.9 Å². The van der Waals surface area contributed by atoms with Crippen LogP contribution in [0.4, 0.5) is 0 Å². The zero-order valence-corrected chi connectivity index (χ0v) is 17.8. The van der Waals surface area contributed by atoms with Gasteiger partial charge in [0.25, 0.3) is 5.91 Å². The molecule has 156 valence electrons. The van der Waals surface area contributed by atoms with Crippen molar-refractivity contribution in [1.29, 1.82) is 0 Å². The molecule has 2 aromatic carbocycles. The molecule has 0 spiro atoms. The Labute approximate surface area is 173 Å². The van der Waals surface area contributed by atoms with Gasteiger partial charge in [0.15, 0.2) is 6.61 Å². The van der Waals surface area contributed by atoms with Crippen molar-refractivity contribution in [2.24, 2.45) is 0 Å². The highest BCUT2D eigenvalue weighted by atomic mass is 16.5. The number of carbonyl (C=O) groups is 2. The van der Waals surface area contributed by atoms with Crippen LogP contribution in [-0.4, -0.2) is 36.5 Å². The van der Waals surface area contributed by atoms with Crippen molar-refractivity contribution < 1.29 is 19.1 Å². The van der Waals surface area contributed by atoms with Gasteiger partial charge in [-0.05, 0) is 29.5 Å². The van der Waals surface area contributed by atoms with Gasteiger partial charge in [-0.3, -0.25) is 9.59 Å². The molecule has 0 bridgehead atoms. The van der Waals surface area contributed by atoms with E-state index >= 15 is 0 Å². The molecule has 1 amide bonds. The van der Waals surface area contributed by atoms with Gasteiger partial charge < -0.3 is 14.4 Å². The molecule has 0 atom stereocenters. The Morgan fingerprint density at radius 2 is 1.62 bits per heavy atom. The minimum absolute atomic E-state index is 0.0806. The second kappa shape index (κ2) is 10.6. The summed E-state index contributed by atoms with van der Waals surface area (Å²) < 4.78 is 10.9. The van der Waals surface area contributed by atoms with Gasteiger partial charge in [-0.2, -0.15) is 0 Å². The van der Waals surface area contributed by atoms with Crippen LogP contribution in [0.25, 0.3) is 0 Å². The zero-order chi connectivity index (χ0) is 21.3. The molecule has 0 saturated carbocycles. The van der Waals surface area contributed by atoms with Crippen molar-refractivity contribution in [3.05, 3.63) is 65.7 Å². The summed E-state index contributed by atoms with van der Waals surface area (Å²) >= 11 is 0. The van der Waals surface area contributed by atoms with Crippen LogP contribution in [0.3, 0.4) is 0 Å². The van der Waals surface area contributed by atoms with Gasteiger partial charge in [-0.25, -0.2) is 0 Å². The average Bonchev–Trinajstić information content (AvgIpc) is 2.70. The van der Waals surface area contributed by atoms with Crippen LogP contribution in [0.15, 0.2) is 54.6 Å². The standard InChI is InChI=1S/C24H31NO4/c1-5-28-23(27)15-16-25(17-19-11-7-6-8-12-19)22(26)18-29-21-14-10-9-13-20(21)24(2,3)4/h6-14H,5,15-18H2,1-4H3. The van der Waals surface area contributed by atoms with Crippen molar-refractivity contribution in [3.8, 4) is 5.75 Å². The first-order valence-electron chi connectivity index (χ1n) is 10.0. The van der Waals surface area contributed by atoms with Crippen LogP contribution in [0.1, 0.15) is 45.2 Å². The Morgan fingerprint density at radius 1 is 0.966 bits per heavy atom. The molecule has 2 aromatic rings. The zero-order valence-electron chi connectivity index (χ0n) is 17.8. The number of ether oxygens (including phenoxy) is 2. The Balaban J connectivity index is 2.07. The Bertz CT molecular complexity index is 796. The van der Waals surface area contributed by atoms with Crippen molar-refractivity contribution in [2.75, 3.05) is 19.8 Å². The molecule has 0 aliphatic heterocycles. The lowest BCUT2D eigenvalue weighted by molar-refractivity contribution is -0.144. The topological polar surface area (TPSA) is 55.8 Å². The van der Waals surface area contributed by atoms with Gasteiger partial charge in [-0.15, -0.1) is 0 Å². The summed E-state index contributed by atoms with van der Waals surface area (Å²) in [6.07, 6.45) is 0.158. The fourth-order valence-corrected chi connectivity index (χ4v) is 3.00. The van der Waals surface area contributed by atoms with Gasteiger partial charge in [-0.1, -0.05) is 69.3 Å². The highest BCUT2D eigenvalue weighted by molar-refractivity contribution is 5.78. The predicted molar refractivity (Wildman–Crippen MR) is 114 cm³/mol. The SMILES string of the molecule is CCOC(=O)CCN(Cc1ccccc1)C(=O)COc1ccccc1C(C)(C)C. The first-order valence-corrected chi connectivity index (χ1v) is 10.0. The van der Waals surface area contributed by atoms with Crippen LogP contribution < -0.4 is 4.74 Å². The monoisotopic (exact) mass is 397 g/mol. The molecule has 2 rings (SSSR count). The maximum Gasteiger partial charge on any atom is 0.307 e. The molecular formula is C24H31NO4. The van der Waals surface area contributed by atoms with E-state index in [0.29, 0.717) is 18.9 Å². The number of para-hydroxylation sites is 1. The van der Waals surface area contributed by atoms with Gasteiger partial charge in [0.1, 0.15) is 5.75 Å². The van der Waals surface area contributed by atoms with Gasteiger partial charge in [0.05, 0.1) is 13.0 Å². The first-order chi connectivity index (χ1) is 13.8. The molecule has 0 radical (unpaired) electrons. The number of benzene rings is 2. The van der Waals surface area contributed by atoms with E-state index in [1.807, 2.05) is 54.6 Å². The third kappa shape index (κ3) is 7.26. The summed E-state index contributed by atoms with van der Waals surface area (Å²) in [6.45, 7) is 9.06. The third-order valence-electron chi connectivity index (χ3n) is 4.51. The first kappa shape index (κ1) is 22.5. The van der Waals surface area contributed by atoms with Crippen molar-refractivity contribution in [3.63, 3.8) is 0 Å². The van der Waals surface area contributed by atoms with E-state index in [2.05, 4.69) is 20.8 Å². The van der Waals surface area contributed by atoms with Crippen molar-refractivity contribution in [1.82, 2.24) is 4.90 Å². The van der Waals surface area contributed by atoms with Crippen LogP contribution in [0.2, 0.25) is 0 Å². The molecule has 0 heterocycles. The number of amides is 1. The molecule has 5 heteroatoms. The highest BCUT2D eigenvalue weighted by Gasteiger charge is 2.21. The smallest absolute Gasteiger partial charge is 0.307 e. The van der Waals surface area contributed by atoms with E-state index in [-0.39, 0.29) is 36.9 Å². The van der Waals surface area contributed by atoms with E-state index in [1.165, 1.54) is 0 Å². The van der Waals surface area contributed by atoms with Gasteiger partial charge in [0.2, 0.25) is 0 Å². The molecule has 0 fully saturated rings. The van der Waals surface area contributed by atoms with E-state index in [9.17, 15) is 9.59 Å². The molecule has 0 aliphatic rings. The number of carbonyl (C=O) groups excluding carboxylic acids is 2. The fourth-order valence-electron chi connectivity index (χ4n) is 3.00. The molecule has 5 nitrogen and oxygen atoms in total. The number of nitrogens with zero attached hydrogens (tertiary/aromatic N) is 1. The van der Waals surface area contributed by atoms with E-state index < -0.39 is 0 Å². The Kier molecular flexibility index (Phi) is 8.25. The number of esters is 1. The van der Waals surface area contributed by atoms with Crippen LogP contribution in [0.5, 0.6) is 5.75 Å². The van der Waals surface area contributed by atoms with E-state index in [1.54, 1.807) is 11.8 Å². The Hall–Kier alpha value is -2.82. The maximum atomic E-state index is 12.9. The fraction of sp³-hybridized carbons (Fsp3) is 0.417. The lowest BCUT2D eigenvalue weighted by Crippen LogP contribution is -2.36. The van der Waals surface area contributed by atoms with Crippen molar-refractivity contribution in [2.45, 2.75) is 46.1 Å². The molecule has 0 saturated heterocycles. The lowest BCUT2D eigenvalue weighted by Gasteiger charge is -2.25. The second-order valence-electron chi connectivity index (χ2n) is 7.89. The van der Waals surface area contributed by atoms with Crippen LogP contribution in [0, 0.1) is 0 Å². The largest absolute Gasteiger partial charge is 0.483 e. The number of rotatable bonds is 9. The summed E-state index contributed by atoms with van der Waals surface area (Å²) in [5, 5.41) is 0. The van der Waals surface area contributed by atoms with Crippen LogP contribution in [-0.2, 0) is 26.3 Å².